The van der Waals surface area contributed by atoms with Crippen molar-refractivity contribution in [2.75, 3.05) is 37.3 Å². The number of aromatic nitrogens is 2. The number of anilines is 1. The Bertz CT molecular complexity index is 1120. The molecule has 0 spiro atoms. The molecular weight excluding hydrogens is 471 g/mol. The number of imidazole rings is 1. The minimum atomic E-state index is -3.67. The fourth-order valence-corrected chi connectivity index (χ4v) is 3.90. The lowest BCUT2D eigenvalue weighted by Gasteiger charge is -2.36. The Labute approximate surface area is 190 Å². The van der Waals surface area contributed by atoms with Crippen LogP contribution in [-0.4, -0.2) is 59.7 Å². The van der Waals surface area contributed by atoms with E-state index in [1.54, 1.807) is 6.07 Å². The van der Waals surface area contributed by atoms with Crippen molar-refractivity contribution in [1.29, 1.82) is 0 Å². The molecule has 11 heteroatoms. The van der Waals surface area contributed by atoms with Gasteiger partial charge in [-0.2, -0.15) is 8.42 Å². The van der Waals surface area contributed by atoms with E-state index in [4.69, 9.17) is 39.4 Å². The van der Waals surface area contributed by atoms with Crippen molar-refractivity contribution in [2.24, 2.45) is 0 Å². The van der Waals surface area contributed by atoms with Gasteiger partial charge >= 0.3 is 0 Å². The second-order valence-electron chi connectivity index (χ2n) is 6.94. The van der Waals surface area contributed by atoms with Crippen LogP contribution in [-0.2, 0) is 16.7 Å². The average molecular weight is 492 g/mol. The fraction of sp³-hybridized carbons (Fsp3) is 0.316. The van der Waals surface area contributed by atoms with Crippen molar-refractivity contribution in [2.45, 2.75) is 6.54 Å². The normalized spacial score (nSPS) is 15.2. The van der Waals surface area contributed by atoms with Gasteiger partial charge in [-0.3, -0.25) is 9.45 Å². The zero-order valence-electron chi connectivity index (χ0n) is 16.2. The van der Waals surface area contributed by atoms with Gasteiger partial charge in [0.1, 0.15) is 5.65 Å². The molecule has 1 aliphatic heterocycles. The van der Waals surface area contributed by atoms with Crippen LogP contribution in [0.1, 0.15) is 5.69 Å². The van der Waals surface area contributed by atoms with Crippen LogP contribution < -0.4 is 4.90 Å². The predicted molar refractivity (Wildman–Crippen MR) is 122 cm³/mol. The second kappa shape index (κ2) is 9.72. The molecule has 0 radical (unpaired) electrons. The number of piperazine rings is 1. The third-order valence-electron chi connectivity index (χ3n) is 4.47. The van der Waals surface area contributed by atoms with Crippen LogP contribution in [0.3, 0.4) is 0 Å². The molecule has 1 saturated heterocycles. The standard InChI is InChI=1S/C18H17Cl3N4.CH4O3S/c19-13-1-3-17(16(21)9-13)24-7-5-23(6-8-24)11-15-12-25-10-14(20)2-4-18(25)22-15;1-5(2,3)4/h1-4,9-10,12H,5-8,11H2;1H3,(H,2,3,4). The van der Waals surface area contributed by atoms with E-state index in [0.29, 0.717) is 21.3 Å². The highest BCUT2D eigenvalue weighted by Crippen LogP contribution is 2.29. The Morgan fingerprint density at radius 2 is 1.63 bits per heavy atom. The van der Waals surface area contributed by atoms with Crippen molar-refractivity contribution in [3.63, 3.8) is 0 Å². The zero-order chi connectivity index (χ0) is 21.9. The van der Waals surface area contributed by atoms with E-state index in [0.717, 1.165) is 49.8 Å². The highest BCUT2D eigenvalue weighted by atomic mass is 35.5. The largest absolute Gasteiger partial charge is 0.368 e. The Kier molecular flexibility index (Phi) is 7.49. The third kappa shape index (κ3) is 6.73. The van der Waals surface area contributed by atoms with Gasteiger partial charge in [0.25, 0.3) is 10.1 Å². The number of hydrogen-bond donors (Lipinski definition) is 1. The number of pyridine rings is 1. The van der Waals surface area contributed by atoms with E-state index < -0.39 is 10.1 Å². The number of halogens is 3. The lowest BCUT2D eigenvalue weighted by Crippen LogP contribution is -2.46. The molecule has 3 aromatic rings. The summed E-state index contributed by atoms with van der Waals surface area (Å²) in [5, 5.41) is 2.09. The Morgan fingerprint density at radius 3 is 2.27 bits per heavy atom. The minimum Gasteiger partial charge on any atom is -0.368 e. The van der Waals surface area contributed by atoms with Crippen molar-refractivity contribution >= 4 is 56.3 Å². The van der Waals surface area contributed by atoms with E-state index in [-0.39, 0.29) is 0 Å². The fourth-order valence-electron chi connectivity index (χ4n) is 3.21. The summed E-state index contributed by atoms with van der Waals surface area (Å²) in [7, 11) is -3.67. The SMILES string of the molecule is CS(=O)(=O)O.Clc1ccc(N2CCN(Cc3cn4cc(Cl)ccc4n3)CC2)c(Cl)c1. The van der Waals surface area contributed by atoms with Crippen molar-refractivity contribution in [3.8, 4) is 0 Å². The molecule has 4 rings (SSSR count). The number of hydrogen-bond acceptors (Lipinski definition) is 5. The van der Waals surface area contributed by atoms with Crippen molar-refractivity contribution in [1.82, 2.24) is 14.3 Å². The molecule has 0 amide bonds. The summed E-state index contributed by atoms with van der Waals surface area (Å²) < 4.78 is 27.8. The van der Waals surface area contributed by atoms with Gasteiger partial charge in [0.15, 0.2) is 0 Å². The van der Waals surface area contributed by atoms with E-state index in [2.05, 4.69) is 14.8 Å². The van der Waals surface area contributed by atoms with Crippen LogP contribution in [0.4, 0.5) is 5.69 Å². The molecule has 0 bridgehead atoms. The van der Waals surface area contributed by atoms with Crippen LogP contribution in [0.25, 0.3) is 5.65 Å². The lowest BCUT2D eigenvalue weighted by molar-refractivity contribution is 0.247. The van der Waals surface area contributed by atoms with Gasteiger partial charge in [0.05, 0.1) is 27.7 Å². The first-order chi connectivity index (χ1) is 14.1. The van der Waals surface area contributed by atoms with Gasteiger partial charge in [-0.25, -0.2) is 4.98 Å². The van der Waals surface area contributed by atoms with Crippen LogP contribution in [0.2, 0.25) is 15.1 Å². The topological polar surface area (TPSA) is 78.2 Å². The number of fused-ring (bicyclic) bond motifs is 1. The molecule has 1 fully saturated rings. The number of benzene rings is 1. The molecule has 1 aliphatic rings. The summed E-state index contributed by atoms with van der Waals surface area (Å²) >= 11 is 18.3. The quantitative estimate of drug-likeness (QED) is 0.555. The summed E-state index contributed by atoms with van der Waals surface area (Å²) in [4.78, 5) is 9.37. The zero-order valence-corrected chi connectivity index (χ0v) is 19.3. The van der Waals surface area contributed by atoms with Crippen LogP contribution in [0, 0.1) is 0 Å². The monoisotopic (exact) mass is 490 g/mol. The van der Waals surface area contributed by atoms with E-state index >= 15 is 0 Å². The van der Waals surface area contributed by atoms with Crippen LogP contribution in [0.15, 0.2) is 42.7 Å². The van der Waals surface area contributed by atoms with Gasteiger partial charge in [-0.1, -0.05) is 34.8 Å². The first-order valence-corrected chi connectivity index (χ1v) is 12.0. The summed E-state index contributed by atoms with van der Waals surface area (Å²) in [6.45, 7) is 4.63. The summed E-state index contributed by atoms with van der Waals surface area (Å²) in [5.74, 6) is 0. The Balaban J connectivity index is 0.000000461. The van der Waals surface area contributed by atoms with E-state index in [1.807, 2.05) is 41.1 Å². The first-order valence-electron chi connectivity index (χ1n) is 9.06. The molecule has 3 heterocycles. The lowest BCUT2D eigenvalue weighted by atomic mass is 10.2. The molecule has 162 valence electrons. The van der Waals surface area contributed by atoms with Gasteiger partial charge in [-0.05, 0) is 30.3 Å². The molecule has 0 saturated carbocycles. The predicted octanol–water partition coefficient (Wildman–Crippen LogP) is 4.12. The van der Waals surface area contributed by atoms with Gasteiger partial charge in [0.2, 0.25) is 0 Å². The molecule has 0 unspecified atom stereocenters. The maximum Gasteiger partial charge on any atom is 0.261 e. The highest BCUT2D eigenvalue weighted by Gasteiger charge is 2.20. The molecular formula is C19H21Cl3N4O3S. The molecule has 0 aliphatic carbocycles. The van der Waals surface area contributed by atoms with E-state index in [9.17, 15) is 8.42 Å². The van der Waals surface area contributed by atoms with Crippen LogP contribution in [0.5, 0.6) is 0 Å². The Morgan fingerprint density at radius 1 is 1.00 bits per heavy atom. The van der Waals surface area contributed by atoms with Crippen molar-refractivity contribution in [3.05, 3.63) is 63.5 Å². The highest BCUT2D eigenvalue weighted by molar-refractivity contribution is 7.85. The molecule has 7 nitrogen and oxygen atoms in total. The first kappa shape index (κ1) is 23.1. The number of nitrogens with zero attached hydrogens (tertiary/aromatic N) is 4. The average Bonchev–Trinajstić information content (AvgIpc) is 3.02. The molecule has 0 atom stereocenters. The molecule has 30 heavy (non-hydrogen) atoms. The number of rotatable bonds is 3. The summed E-state index contributed by atoms with van der Waals surface area (Å²) in [6, 6.07) is 9.48. The maximum absolute atomic E-state index is 9.19. The Hall–Kier alpha value is -1.55. The van der Waals surface area contributed by atoms with Gasteiger partial charge in [-0.15, -0.1) is 0 Å². The molecule has 1 N–H and O–H groups in total. The van der Waals surface area contributed by atoms with Gasteiger partial charge in [0, 0.05) is 50.1 Å². The molecule has 2 aromatic heterocycles. The smallest absolute Gasteiger partial charge is 0.261 e. The second-order valence-corrected chi connectivity index (χ2v) is 9.68. The van der Waals surface area contributed by atoms with Crippen molar-refractivity contribution < 1.29 is 13.0 Å². The van der Waals surface area contributed by atoms with E-state index in [1.165, 1.54) is 0 Å². The minimum absolute atomic E-state index is 0.666. The molecule has 1 aromatic carbocycles. The maximum atomic E-state index is 9.19. The third-order valence-corrected chi connectivity index (χ3v) is 5.23. The van der Waals surface area contributed by atoms with Crippen LogP contribution >= 0.6 is 34.8 Å². The summed E-state index contributed by atoms with van der Waals surface area (Å²) in [5.41, 5.74) is 3.03. The van der Waals surface area contributed by atoms with Gasteiger partial charge < -0.3 is 9.30 Å². The summed E-state index contributed by atoms with van der Waals surface area (Å²) in [6.07, 6.45) is 4.64.